The summed E-state index contributed by atoms with van der Waals surface area (Å²) in [4.78, 5) is 27.5. The molecule has 1 heterocycles. The van der Waals surface area contributed by atoms with Crippen molar-refractivity contribution in [2.75, 3.05) is 5.32 Å². The minimum atomic E-state index is -2.97. The van der Waals surface area contributed by atoms with Gasteiger partial charge in [0.15, 0.2) is 0 Å². The highest BCUT2D eigenvalue weighted by Gasteiger charge is 2.26. The van der Waals surface area contributed by atoms with Crippen molar-refractivity contribution >= 4 is 40.2 Å². The molecule has 0 bridgehead atoms. The van der Waals surface area contributed by atoms with Crippen molar-refractivity contribution in [1.82, 2.24) is 10.3 Å². The van der Waals surface area contributed by atoms with Gasteiger partial charge in [-0.3, -0.25) is 9.59 Å². The summed E-state index contributed by atoms with van der Waals surface area (Å²) in [6.07, 6.45) is 0. The first-order valence-electron chi connectivity index (χ1n) is 7.36. The third kappa shape index (κ3) is 5.73. The largest absolute Gasteiger partial charge is 0.348 e. The quantitative estimate of drug-likeness (QED) is 0.529. The average molecular weight is 459 g/mol. The van der Waals surface area contributed by atoms with E-state index >= 15 is 0 Å². The van der Waals surface area contributed by atoms with Gasteiger partial charge in [-0.25, -0.2) is 4.98 Å². The summed E-state index contributed by atoms with van der Waals surface area (Å²) < 4.78 is 23.7. The van der Waals surface area contributed by atoms with Crippen LogP contribution in [-0.4, -0.2) is 16.8 Å². The predicted molar refractivity (Wildman–Crippen MR) is 98.8 cm³/mol. The molecule has 2 aromatic rings. The zero-order valence-electron chi connectivity index (χ0n) is 13.6. The lowest BCUT2D eigenvalue weighted by atomic mass is 10.1. The topological polar surface area (TPSA) is 71.1 Å². The van der Waals surface area contributed by atoms with Crippen LogP contribution in [0.4, 0.5) is 14.6 Å². The van der Waals surface area contributed by atoms with Crippen LogP contribution in [0.1, 0.15) is 34.1 Å². The molecule has 1 aromatic carbocycles. The Labute approximate surface area is 157 Å². The Morgan fingerprint density at radius 3 is 2.60 bits per heavy atom. The molecule has 0 radical (unpaired) electrons. The van der Waals surface area contributed by atoms with Crippen molar-refractivity contribution in [3.63, 3.8) is 0 Å². The fraction of sp³-hybridized carbons (Fsp3) is 0.235. The van der Waals surface area contributed by atoms with Gasteiger partial charge in [0.2, 0.25) is 5.91 Å². The van der Waals surface area contributed by atoms with Crippen molar-refractivity contribution < 1.29 is 18.4 Å². The van der Waals surface area contributed by atoms with Gasteiger partial charge in [0, 0.05) is 52.9 Å². The smallest absolute Gasteiger partial charge is 0.321 e. The van der Waals surface area contributed by atoms with Crippen LogP contribution in [0, 0.1) is 6.92 Å². The summed E-state index contributed by atoms with van der Waals surface area (Å²) >= 11 is 1.06. The highest BCUT2D eigenvalue weighted by Crippen LogP contribution is 2.35. The van der Waals surface area contributed by atoms with E-state index < -0.39 is 3.93 Å². The van der Waals surface area contributed by atoms with Crippen LogP contribution >= 0.6 is 22.6 Å². The van der Waals surface area contributed by atoms with E-state index in [1.54, 1.807) is 19.1 Å². The first kappa shape index (κ1) is 19.2. The van der Waals surface area contributed by atoms with Gasteiger partial charge in [0.1, 0.15) is 5.82 Å². The summed E-state index contributed by atoms with van der Waals surface area (Å²) in [6.45, 7) is 3.16. The Morgan fingerprint density at radius 1 is 1.24 bits per heavy atom. The van der Waals surface area contributed by atoms with Crippen LogP contribution in [0.15, 0.2) is 36.4 Å². The molecule has 0 spiro atoms. The molecule has 2 N–H and O–H groups in total. The molecule has 2 amide bonds. The van der Waals surface area contributed by atoms with E-state index in [4.69, 9.17) is 0 Å². The number of carbonyl (C=O) groups excluding carboxylic acids is 2. The summed E-state index contributed by atoms with van der Waals surface area (Å²) in [6, 6.07) is 8.91. The van der Waals surface area contributed by atoms with E-state index in [1.807, 2.05) is 0 Å². The summed E-state index contributed by atoms with van der Waals surface area (Å²) in [5.74, 6) is -0.394. The Kier molecular flexibility index (Phi) is 6.04. The third-order valence-electron chi connectivity index (χ3n) is 3.23. The van der Waals surface area contributed by atoms with Gasteiger partial charge in [-0.2, -0.15) is 8.78 Å². The van der Waals surface area contributed by atoms with Crippen LogP contribution in [0.25, 0.3) is 0 Å². The van der Waals surface area contributed by atoms with Gasteiger partial charge in [-0.15, -0.1) is 0 Å². The molecule has 25 heavy (non-hydrogen) atoms. The third-order valence-corrected chi connectivity index (χ3v) is 3.85. The first-order chi connectivity index (χ1) is 11.6. The fourth-order valence-electron chi connectivity index (χ4n) is 2.19. The Balaban J connectivity index is 2.10. The molecular formula is C17H16F2IN3O2. The standard InChI is InChI=1S/C17H16F2IN3O2/c1-10-6-13(8-15(22-10)23-11(2)24)16(25)21-9-12-4-3-5-14(7-12)17(18,19)20/h3-8H,9H2,1-2H3,(H,21,25)(H,22,23,24). The minimum absolute atomic E-state index is 0.107. The van der Waals surface area contributed by atoms with E-state index in [9.17, 15) is 18.4 Å². The zero-order chi connectivity index (χ0) is 18.6. The van der Waals surface area contributed by atoms with Gasteiger partial charge in [0.05, 0.1) is 0 Å². The number of hydrogen-bond acceptors (Lipinski definition) is 3. The van der Waals surface area contributed by atoms with Gasteiger partial charge >= 0.3 is 3.93 Å². The highest BCUT2D eigenvalue weighted by molar-refractivity contribution is 14.1. The van der Waals surface area contributed by atoms with Crippen LogP contribution < -0.4 is 10.6 Å². The SMILES string of the molecule is CC(=O)Nc1cc(C(=O)NCc2cccc(C(F)(F)I)c2)cc(C)n1. The number of benzene rings is 1. The van der Waals surface area contributed by atoms with Crippen LogP contribution in [0.2, 0.25) is 0 Å². The average Bonchev–Trinajstić information content (AvgIpc) is 2.51. The molecule has 0 saturated carbocycles. The monoisotopic (exact) mass is 459 g/mol. The molecule has 1 aromatic heterocycles. The lowest BCUT2D eigenvalue weighted by molar-refractivity contribution is -0.114. The number of carbonyl (C=O) groups is 2. The van der Waals surface area contributed by atoms with Gasteiger partial charge < -0.3 is 10.6 Å². The number of aromatic nitrogens is 1. The Bertz CT molecular complexity index is 807. The number of rotatable bonds is 5. The Morgan fingerprint density at radius 2 is 1.96 bits per heavy atom. The number of amides is 2. The number of anilines is 1. The molecule has 5 nitrogen and oxygen atoms in total. The molecule has 0 fully saturated rings. The second-order valence-electron chi connectivity index (χ2n) is 5.44. The number of nitrogens with one attached hydrogen (secondary N) is 2. The van der Waals surface area contributed by atoms with Gasteiger partial charge in [0.25, 0.3) is 5.91 Å². The normalized spacial score (nSPS) is 11.1. The number of aryl methyl sites for hydroxylation is 1. The zero-order valence-corrected chi connectivity index (χ0v) is 15.7. The summed E-state index contributed by atoms with van der Waals surface area (Å²) in [7, 11) is 0. The van der Waals surface area contributed by atoms with E-state index in [2.05, 4.69) is 15.6 Å². The van der Waals surface area contributed by atoms with Crippen LogP contribution in [-0.2, 0) is 15.3 Å². The molecule has 0 aliphatic rings. The number of alkyl halides is 3. The first-order valence-corrected chi connectivity index (χ1v) is 8.43. The predicted octanol–water partition coefficient (Wildman–Crippen LogP) is 3.76. The van der Waals surface area contributed by atoms with Crippen molar-refractivity contribution in [1.29, 1.82) is 0 Å². The second-order valence-corrected chi connectivity index (χ2v) is 6.80. The number of pyridine rings is 1. The minimum Gasteiger partial charge on any atom is -0.348 e. The van der Waals surface area contributed by atoms with Crippen molar-refractivity contribution in [2.45, 2.75) is 24.3 Å². The lowest BCUT2D eigenvalue weighted by Crippen LogP contribution is -2.23. The maximum Gasteiger partial charge on any atom is 0.321 e. The number of halogens is 3. The molecule has 132 valence electrons. The number of hydrogen-bond donors (Lipinski definition) is 2. The molecule has 0 aliphatic carbocycles. The molecule has 8 heteroatoms. The van der Waals surface area contributed by atoms with Crippen LogP contribution in [0.3, 0.4) is 0 Å². The second kappa shape index (κ2) is 7.85. The summed E-state index contributed by atoms with van der Waals surface area (Å²) in [5.41, 5.74) is 1.34. The highest BCUT2D eigenvalue weighted by atomic mass is 127. The molecular weight excluding hydrogens is 443 g/mol. The van der Waals surface area contributed by atoms with E-state index in [-0.39, 0.29) is 29.7 Å². The lowest BCUT2D eigenvalue weighted by Gasteiger charge is -2.11. The number of nitrogens with zero attached hydrogens (tertiary/aromatic N) is 1. The van der Waals surface area contributed by atoms with Gasteiger partial charge in [-0.1, -0.05) is 18.2 Å². The fourth-order valence-corrected chi connectivity index (χ4v) is 2.52. The van der Waals surface area contributed by atoms with Gasteiger partial charge in [-0.05, 0) is 30.7 Å². The molecule has 0 saturated heterocycles. The molecule has 0 atom stereocenters. The molecule has 2 rings (SSSR count). The van der Waals surface area contributed by atoms with E-state index in [0.717, 1.165) is 22.6 Å². The molecule has 0 unspecified atom stereocenters. The molecule has 0 aliphatic heterocycles. The van der Waals surface area contributed by atoms with Crippen molar-refractivity contribution in [2.24, 2.45) is 0 Å². The van der Waals surface area contributed by atoms with E-state index in [1.165, 1.54) is 31.2 Å². The van der Waals surface area contributed by atoms with Crippen molar-refractivity contribution in [3.8, 4) is 0 Å². The maximum absolute atomic E-state index is 13.3. The van der Waals surface area contributed by atoms with Crippen molar-refractivity contribution in [3.05, 3.63) is 58.8 Å². The summed E-state index contributed by atoms with van der Waals surface area (Å²) in [5, 5.41) is 5.20. The van der Waals surface area contributed by atoms with Crippen LogP contribution in [0.5, 0.6) is 0 Å². The Hall–Kier alpha value is -2.10. The maximum atomic E-state index is 13.3. The van der Waals surface area contributed by atoms with E-state index in [0.29, 0.717) is 16.8 Å².